The molecule has 2 nitrogen and oxygen atoms in total. The van der Waals surface area contributed by atoms with E-state index in [-0.39, 0.29) is 0 Å². The maximum atomic E-state index is 6.38. The van der Waals surface area contributed by atoms with E-state index in [1.54, 1.807) is 0 Å². The third-order valence-electron chi connectivity index (χ3n) is 4.89. The van der Waals surface area contributed by atoms with Crippen molar-refractivity contribution in [2.75, 3.05) is 13.1 Å². The van der Waals surface area contributed by atoms with Crippen LogP contribution in [0.2, 0.25) is 0 Å². The van der Waals surface area contributed by atoms with Crippen molar-refractivity contribution in [2.45, 2.75) is 77.3 Å². The Morgan fingerprint density at radius 2 is 1.83 bits per heavy atom. The fourth-order valence-electron chi connectivity index (χ4n) is 3.72. The largest absolute Gasteiger partial charge is 0.327 e. The monoisotopic (exact) mass is 252 g/mol. The summed E-state index contributed by atoms with van der Waals surface area (Å²) in [5.74, 6) is 1.73. The van der Waals surface area contributed by atoms with Gasteiger partial charge in [-0.1, -0.05) is 26.7 Å². The van der Waals surface area contributed by atoms with E-state index in [9.17, 15) is 0 Å². The summed E-state index contributed by atoms with van der Waals surface area (Å²) in [5.41, 5.74) is 6.38. The van der Waals surface area contributed by atoms with Gasteiger partial charge in [0.15, 0.2) is 0 Å². The molecular formula is C16H32N2. The fourth-order valence-corrected chi connectivity index (χ4v) is 3.72. The van der Waals surface area contributed by atoms with E-state index in [1.165, 1.54) is 64.5 Å². The molecule has 2 heteroatoms. The molecule has 2 rings (SSSR count). The minimum atomic E-state index is 0.469. The van der Waals surface area contributed by atoms with Gasteiger partial charge < -0.3 is 10.6 Å². The minimum absolute atomic E-state index is 0.469. The van der Waals surface area contributed by atoms with E-state index in [2.05, 4.69) is 18.7 Å². The van der Waals surface area contributed by atoms with E-state index >= 15 is 0 Å². The van der Waals surface area contributed by atoms with Crippen LogP contribution in [0.15, 0.2) is 0 Å². The lowest BCUT2D eigenvalue weighted by Gasteiger charge is -2.37. The van der Waals surface area contributed by atoms with Crippen molar-refractivity contribution in [3.05, 3.63) is 0 Å². The third-order valence-corrected chi connectivity index (χ3v) is 4.89. The summed E-state index contributed by atoms with van der Waals surface area (Å²) in [5, 5.41) is 0. The van der Waals surface area contributed by atoms with Crippen molar-refractivity contribution in [1.29, 1.82) is 0 Å². The normalized spacial score (nSPS) is 33.0. The summed E-state index contributed by atoms with van der Waals surface area (Å²) < 4.78 is 0. The van der Waals surface area contributed by atoms with Crippen LogP contribution < -0.4 is 5.73 Å². The lowest BCUT2D eigenvalue weighted by atomic mass is 9.76. The summed E-state index contributed by atoms with van der Waals surface area (Å²) >= 11 is 0. The molecule has 0 aliphatic heterocycles. The van der Waals surface area contributed by atoms with Crippen molar-refractivity contribution in [3.8, 4) is 0 Å². The zero-order chi connectivity index (χ0) is 13.0. The van der Waals surface area contributed by atoms with Crippen LogP contribution in [0.3, 0.4) is 0 Å². The standard InChI is InChI=1S/C16H32N2/c1-3-5-13-6-9-16(17)14(11-13)12-18(10-4-2)15-7-8-15/h13-16H,3-12,17H2,1-2H3. The van der Waals surface area contributed by atoms with Gasteiger partial charge in [0.25, 0.3) is 0 Å². The van der Waals surface area contributed by atoms with E-state index in [0.717, 1.165) is 17.9 Å². The Morgan fingerprint density at radius 3 is 2.44 bits per heavy atom. The van der Waals surface area contributed by atoms with Gasteiger partial charge >= 0.3 is 0 Å². The second-order valence-corrected chi connectivity index (χ2v) is 6.62. The molecule has 2 N–H and O–H groups in total. The van der Waals surface area contributed by atoms with E-state index in [0.29, 0.717) is 6.04 Å². The van der Waals surface area contributed by atoms with Crippen molar-refractivity contribution >= 4 is 0 Å². The van der Waals surface area contributed by atoms with Crippen LogP contribution >= 0.6 is 0 Å². The quantitative estimate of drug-likeness (QED) is 0.752. The molecule has 0 radical (unpaired) electrons. The molecule has 0 bridgehead atoms. The van der Waals surface area contributed by atoms with Crippen molar-refractivity contribution < 1.29 is 0 Å². The van der Waals surface area contributed by atoms with Gasteiger partial charge in [0.1, 0.15) is 0 Å². The predicted molar refractivity (Wildman–Crippen MR) is 78.6 cm³/mol. The highest BCUT2D eigenvalue weighted by atomic mass is 15.2. The molecule has 0 aromatic carbocycles. The molecule has 2 saturated carbocycles. The number of hydrogen-bond acceptors (Lipinski definition) is 2. The Hall–Kier alpha value is -0.0800. The van der Waals surface area contributed by atoms with Gasteiger partial charge in [0, 0.05) is 18.6 Å². The number of rotatable bonds is 7. The maximum Gasteiger partial charge on any atom is 0.00965 e. The average molecular weight is 252 g/mol. The molecule has 2 aliphatic rings. The molecule has 0 saturated heterocycles. The highest BCUT2D eigenvalue weighted by Gasteiger charge is 2.34. The summed E-state index contributed by atoms with van der Waals surface area (Å²) in [6, 6.07) is 1.37. The van der Waals surface area contributed by atoms with Crippen LogP contribution in [0.5, 0.6) is 0 Å². The van der Waals surface area contributed by atoms with Gasteiger partial charge in [0.2, 0.25) is 0 Å². The number of nitrogens with zero attached hydrogens (tertiary/aromatic N) is 1. The summed E-state index contributed by atoms with van der Waals surface area (Å²) in [6.07, 6.45) is 10.9. The molecule has 0 spiro atoms. The lowest BCUT2D eigenvalue weighted by molar-refractivity contribution is 0.146. The second-order valence-electron chi connectivity index (χ2n) is 6.62. The van der Waals surface area contributed by atoms with Gasteiger partial charge in [-0.3, -0.25) is 0 Å². The predicted octanol–water partition coefficient (Wildman–Crippen LogP) is 3.40. The van der Waals surface area contributed by atoms with Crippen LogP contribution in [0, 0.1) is 11.8 Å². The van der Waals surface area contributed by atoms with E-state index < -0.39 is 0 Å². The minimum Gasteiger partial charge on any atom is -0.327 e. The molecule has 0 heterocycles. The van der Waals surface area contributed by atoms with Gasteiger partial charge in [0.05, 0.1) is 0 Å². The van der Waals surface area contributed by atoms with Crippen LogP contribution in [-0.2, 0) is 0 Å². The molecular weight excluding hydrogens is 220 g/mol. The summed E-state index contributed by atoms with van der Waals surface area (Å²) in [7, 11) is 0. The Kier molecular flexibility index (Phi) is 5.50. The molecule has 2 aliphatic carbocycles. The molecule has 2 fully saturated rings. The summed E-state index contributed by atoms with van der Waals surface area (Å²) in [4.78, 5) is 2.73. The number of hydrogen-bond donors (Lipinski definition) is 1. The van der Waals surface area contributed by atoms with Crippen molar-refractivity contribution in [3.63, 3.8) is 0 Å². The first-order chi connectivity index (χ1) is 8.74. The first-order valence-electron chi connectivity index (χ1n) is 8.24. The molecule has 0 amide bonds. The van der Waals surface area contributed by atoms with Crippen molar-refractivity contribution in [2.24, 2.45) is 17.6 Å². The number of nitrogens with two attached hydrogens (primary N) is 1. The van der Waals surface area contributed by atoms with Gasteiger partial charge in [-0.2, -0.15) is 0 Å². The Bertz CT molecular complexity index is 237. The highest BCUT2D eigenvalue weighted by Crippen LogP contribution is 2.34. The van der Waals surface area contributed by atoms with Crippen LogP contribution in [0.25, 0.3) is 0 Å². The van der Waals surface area contributed by atoms with Gasteiger partial charge in [-0.05, 0) is 56.9 Å². The van der Waals surface area contributed by atoms with Crippen molar-refractivity contribution in [1.82, 2.24) is 4.90 Å². The third kappa shape index (κ3) is 3.96. The smallest absolute Gasteiger partial charge is 0.00965 e. The topological polar surface area (TPSA) is 29.3 Å². The Morgan fingerprint density at radius 1 is 1.06 bits per heavy atom. The first kappa shape index (κ1) is 14.3. The Balaban J connectivity index is 1.84. The molecule has 0 aromatic rings. The van der Waals surface area contributed by atoms with Crippen LogP contribution in [0.4, 0.5) is 0 Å². The zero-order valence-corrected chi connectivity index (χ0v) is 12.4. The van der Waals surface area contributed by atoms with E-state index in [1.807, 2.05) is 0 Å². The molecule has 18 heavy (non-hydrogen) atoms. The van der Waals surface area contributed by atoms with E-state index in [4.69, 9.17) is 5.73 Å². The molecule has 106 valence electrons. The average Bonchev–Trinajstić information content (AvgIpc) is 3.17. The summed E-state index contributed by atoms with van der Waals surface area (Å²) in [6.45, 7) is 7.18. The molecule has 0 aromatic heterocycles. The lowest BCUT2D eigenvalue weighted by Crippen LogP contribution is -2.44. The van der Waals surface area contributed by atoms with Gasteiger partial charge in [-0.25, -0.2) is 0 Å². The Labute approximate surface area is 113 Å². The van der Waals surface area contributed by atoms with Crippen LogP contribution in [0.1, 0.15) is 65.2 Å². The molecule has 3 unspecified atom stereocenters. The molecule has 3 atom stereocenters. The maximum absolute atomic E-state index is 6.38. The zero-order valence-electron chi connectivity index (χ0n) is 12.4. The SMILES string of the molecule is CCCC1CCC(N)C(CN(CCC)C2CC2)C1. The second kappa shape index (κ2) is 6.91. The fraction of sp³-hybridized carbons (Fsp3) is 1.00. The van der Waals surface area contributed by atoms with Crippen LogP contribution in [-0.4, -0.2) is 30.1 Å². The highest BCUT2D eigenvalue weighted by molar-refractivity contribution is 4.90. The first-order valence-corrected chi connectivity index (χ1v) is 8.24. The van der Waals surface area contributed by atoms with Gasteiger partial charge in [-0.15, -0.1) is 0 Å².